The van der Waals surface area contributed by atoms with Gasteiger partial charge in [-0.2, -0.15) is 13.2 Å². The number of hydrogen-bond acceptors (Lipinski definition) is 8. The van der Waals surface area contributed by atoms with Gasteiger partial charge in [-0.3, -0.25) is 21.0 Å². The van der Waals surface area contributed by atoms with Crippen molar-refractivity contribution in [1.29, 1.82) is 0 Å². The van der Waals surface area contributed by atoms with Crippen LogP contribution < -0.4 is 16.2 Å². The molecular formula is C15H22F3N5O4. The van der Waals surface area contributed by atoms with Gasteiger partial charge in [0.2, 0.25) is 0 Å². The van der Waals surface area contributed by atoms with Crippen molar-refractivity contribution in [2.24, 2.45) is 4.99 Å². The highest BCUT2D eigenvalue weighted by Gasteiger charge is 2.37. The van der Waals surface area contributed by atoms with Crippen molar-refractivity contribution >= 4 is 5.84 Å². The van der Waals surface area contributed by atoms with Gasteiger partial charge in [-0.1, -0.05) is 0 Å². The quantitative estimate of drug-likeness (QED) is 0.424. The highest BCUT2D eigenvalue weighted by Crippen LogP contribution is 2.31. The largest absolute Gasteiger partial charge is 0.412 e. The van der Waals surface area contributed by atoms with Gasteiger partial charge < -0.3 is 14.8 Å². The van der Waals surface area contributed by atoms with Crippen molar-refractivity contribution in [3.63, 3.8) is 0 Å². The Labute approximate surface area is 153 Å². The number of ether oxygens (including phenoxy) is 2. The summed E-state index contributed by atoms with van der Waals surface area (Å²) in [7, 11) is 0. The Morgan fingerprint density at radius 3 is 2.93 bits per heavy atom. The molecule has 3 N–H and O–H groups in total. The van der Waals surface area contributed by atoms with Gasteiger partial charge in [-0.15, -0.1) is 0 Å². The molecule has 0 bridgehead atoms. The maximum Gasteiger partial charge on any atom is 0.412 e. The van der Waals surface area contributed by atoms with Gasteiger partial charge in [-0.25, -0.2) is 4.99 Å². The van der Waals surface area contributed by atoms with E-state index in [1.165, 1.54) is 0 Å². The summed E-state index contributed by atoms with van der Waals surface area (Å²) in [6.07, 6.45) is -2.73. The average molecular weight is 393 g/mol. The topological polar surface area (TPSA) is 110 Å². The van der Waals surface area contributed by atoms with Crippen molar-refractivity contribution in [3.8, 4) is 0 Å². The zero-order valence-corrected chi connectivity index (χ0v) is 14.7. The van der Waals surface area contributed by atoms with Crippen LogP contribution in [0.15, 0.2) is 28.7 Å². The van der Waals surface area contributed by atoms with E-state index in [4.69, 9.17) is 9.47 Å². The van der Waals surface area contributed by atoms with Crippen molar-refractivity contribution in [1.82, 2.24) is 16.2 Å². The average Bonchev–Trinajstić information content (AvgIpc) is 3.10. The van der Waals surface area contributed by atoms with Gasteiger partial charge in [0.05, 0.1) is 11.0 Å². The lowest BCUT2D eigenvalue weighted by atomic mass is 10.1. The summed E-state index contributed by atoms with van der Waals surface area (Å²) >= 11 is 0. The molecule has 2 atom stereocenters. The lowest BCUT2D eigenvalue weighted by molar-refractivity contribution is -0.404. The number of nitrogens with zero attached hydrogens (tertiary/aromatic N) is 2. The first-order valence-corrected chi connectivity index (χ1v) is 8.48. The van der Waals surface area contributed by atoms with Crippen molar-refractivity contribution in [3.05, 3.63) is 33.8 Å². The molecule has 9 nitrogen and oxygen atoms in total. The highest BCUT2D eigenvalue weighted by molar-refractivity contribution is 5.94. The number of nitro groups is 1. The molecule has 0 spiro atoms. The van der Waals surface area contributed by atoms with E-state index in [0.717, 1.165) is 18.9 Å². The van der Waals surface area contributed by atoms with E-state index in [2.05, 4.69) is 21.2 Å². The zero-order valence-electron chi connectivity index (χ0n) is 14.7. The predicted octanol–water partition coefficient (Wildman–Crippen LogP) is 1.58. The van der Waals surface area contributed by atoms with E-state index in [-0.39, 0.29) is 24.4 Å². The van der Waals surface area contributed by atoms with Crippen LogP contribution in [0.4, 0.5) is 13.2 Å². The van der Waals surface area contributed by atoms with E-state index in [9.17, 15) is 23.3 Å². The van der Waals surface area contributed by atoms with Crippen LogP contribution in [0.1, 0.15) is 26.2 Å². The molecule has 0 aromatic carbocycles. The second-order valence-corrected chi connectivity index (χ2v) is 5.89. The summed E-state index contributed by atoms with van der Waals surface area (Å²) in [5.74, 6) is -0.168. The molecule has 2 heterocycles. The first kappa shape index (κ1) is 21.0. The van der Waals surface area contributed by atoms with Crippen LogP contribution in [0.3, 0.4) is 0 Å². The Hall–Kier alpha value is -2.34. The van der Waals surface area contributed by atoms with E-state index >= 15 is 0 Å². The molecule has 2 aliphatic heterocycles. The van der Waals surface area contributed by atoms with E-state index in [1.807, 2.05) is 0 Å². The molecule has 0 aromatic rings. The Bertz CT molecular complexity index is 615. The molecule has 0 amide bonds. The van der Waals surface area contributed by atoms with E-state index < -0.39 is 29.3 Å². The Morgan fingerprint density at radius 1 is 1.56 bits per heavy atom. The number of dihydropyridines is 1. The van der Waals surface area contributed by atoms with Crippen molar-refractivity contribution in [2.45, 2.75) is 44.7 Å². The molecule has 0 saturated carbocycles. The molecular weight excluding hydrogens is 371 g/mol. The molecule has 0 radical (unpaired) electrons. The molecule has 2 rings (SSSR count). The van der Waals surface area contributed by atoms with Crippen LogP contribution in [-0.2, 0) is 9.47 Å². The molecule has 152 valence electrons. The normalized spacial score (nSPS) is 23.5. The first-order valence-electron chi connectivity index (χ1n) is 8.48. The van der Waals surface area contributed by atoms with Gasteiger partial charge in [0.25, 0.3) is 6.20 Å². The summed E-state index contributed by atoms with van der Waals surface area (Å²) in [4.78, 5) is 14.1. The van der Waals surface area contributed by atoms with E-state index in [1.54, 1.807) is 6.92 Å². The van der Waals surface area contributed by atoms with Crippen LogP contribution >= 0.6 is 0 Å². The second kappa shape index (κ2) is 9.55. The minimum atomic E-state index is -4.52. The molecule has 1 fully saturated rings. The van der Waals surface area contributed by atoms with Crippen LogP contribution in [0.2, 0.25) is 0 Å². The molecule has 2 aliphatic rings. The minimum Gasteiger partial charge on any atom is -0.376 e. The molecule has 12 heteroatoms. The molecule has 27 heavy (non-hydrogen) atoms. The maximum absolute atomic E-state index is 13.0. The second-order valence-electron chi connectivity index (χ2n) is 5.89. The summed E-state index contributed by atoms with van der Waals surface area (Å²) in [6.45, 7) is 2.81. The Kier molecular flexibility index (Phi) is 7.42. The number of nitrogens with one attached hydrogen (secondary N) is 3. The van der Waals surface area contributed by atoms with Crippen LogP contribution in [0.25, 0.3) is 0 Å². The summed E-state index contributed by atoms with van der Waals surface area (Å²) in [5, 5.41) is 13.6. The van der Waals surface area contributed by atoms with Gasteiger partial charge in [-0.05, 0) is 25.8 Å². The third-order valence-corrected chi connectivity index (χ3v) is 3.82. The van der Waals surface area contributed by atoms with Crippen molar-refractivity contribution < 1.29 is 27.6 Å². The molecule has 0 aliphatic carbocycles. The number of hydrogen-bond donors (Lipinski definition) is 3. The standard InChI is InChI=1S/C15H22F3N5O4/c1-2-26-14-7-10(15(16,17)18)6-12(20-14)21-22-13(9-23(24)25)19-8-11-4-3-5-27-11/h6,9,11,14,19,22H,2-5,7-8H2,1H3,(H,20,21)/b13-9-. The number of rotatable bonds is 8. The monoisotopic (exact) mass is 393 g/mol. The number of amidine groups is 1. The summed E-state index contributed by atoms with van der Waals surface area (Å²) in [6, 6.07) is 0. The summed E-state index contributed by atoms with van der Waals surface area (Å²) in [5.41, 5.74) is 4.15. The Balaban J connectivity index is 2.01. The number of hydrazine groups is 1. The fourth-order valence-electron chi connectivity index (χ4n) is 2.59. The third kappa shape index (κ3) is 7.06. The number of aliphatic imine (C=N–C) groups is 1. The van der Waals surface area contributed by atoms with Gasteiger partial charge in [0.15, 0.2) is 12.0 Å². The molecule has 0 aromatic heterocycles. The van der Waals surface area contributed by atoms with Gasteiger partial charge in [0.1, 0.15) is 5.84 Å². The lowest BCUT2D eigenvalue weighted by Gasteiger charge is -2.23. The highest BCUT2D eigenvalue weighted by atomic mass is 19.4. The van der Waals surface area contributed by atoms with E-state index in [0.29, 0.717) is 19.4 Å². The van der Waals surface area contributed by atoms with Gasteiger partial charge in [0, 0.05) is 31.8 Å². The third-order valence-electron chi connectivity index (χ3n) is 3.82. The Morgan fingerprint density at radius 2 is 2.33 bits per heavy atom. The predicted molar refractivity (Wildman–Crippen MR) is 89.9 cm³/mol. The molecule has 2 unspecified atom stereocenters. The zero-order chi connectivity index (χ0) is 19.9. The fraction of sp³-hybridized carbons (Fsp3) is 0.667. The number of halogens is 3. The first-order chi connectivity index (χ1) is 12.8. The minimum absolute atomic E-state index is 0.0290. The van der Waals surface area contributed by atoms with Crippen LogP contribution in [0, 0.1) is 10.1 Å². The lowest BCUT2D eigenvalue weighted by Crippen LogP contribution is -2.44. The SMILES string of the molecule is CCOC1CC(C(F)(F)F)=CC(NN/C(=C\[N+](=O)[O-])NCC2CCCO2)=N1. The number of alkyl halides is 3. The van der Waals surface area contributed by atoms with Crippen LogP contribution in [-0.4, -0.2) is 49.0 Å². The summed E-state index contributed by atoms with van der Waals surface area (Å²) < 4.78 is 49.7. The van der Waals surface area contributed by atoms with Gasteiger partial charge >= 0.3 is 6.18 Å². The van der Waals surface area contributed by atoms with Crippen LogP contribution in [0.5, 0.6) is 0 Å². The smallest absolute Gasteiger partial charge is 0.376 e. The van der Waals surface area contributed by atoms with Crippen molar-refractivity contribution in [2.75, 3.05) is 19.8 Å². The fourth-order valence-corrected chi connectivity index (χ4v) is 2.59. The molecule has 1 saturated heterocycles. The maximum atomic E-state index is 13.0.